The van der Waals surface area contributed by atoms with Crippen LogP contribution in [0.3, 0.4) is 0 Å². The zero-order valence-corrected chi connectivity index (χ0v) is 16.2. The Balaban J connectivity index is 1.51. The lowest BCUT2D eigenvalue weighted by Gasteiger charge is -2.14. The Labute approximate surface area is 165 Å². The van der Waals surface area contributed by atoms with Gasteiger partial charge in [0, 0.05) is 18.5 Å². The summed E-state index contributed by atoms with van der Waals surface area (Å²) < 4.78 is 0. The van der Waals surface area contributed by atoms with Crippen molar-refractivity contribution in [1.82, 2.24) is 4.90 Å². The molecule has 1 fully saturated rings. The van der Waals surface area contributed by atoms with Crippen molar-refractivity contribution >= 4 is 23.4 Å². The molecule has 0 atom stereocenters. The molecule has 1 heterocycles. The van der Waals surface area contributed by atoms with Gasteiger partial charge in [-0.15, -0.1) is 0 Å². The maximum absolute atomic E-state index is 12.3. The van der Waals surface area contributed by atoms with Gasteiger partial charge >= 0.3 is 0 Å². The van der Waals surface area contributed by atoms with Crippen molar-refractivity contribution in [2.45, 2.75) is 52.0 Å². The maximum atomic E-state index is 12.3. The van der Waals surface area contributed by atoms with Crippen LogP contribution in [-0.2, 0) is 33.8 Å². The van der Waals surface area contributed by atoms with E-state index in [9.17, 15) is 14.4 Å². The Hall–Kier alpha value is -2.95. The molecular formula is C23H26N2O3. The second kappa shape index (κ2) is 9.31. The van der Waals surface area contributed by atoms with Gasteiger partial charge in [-0.2, -0.15) is 0 Å². The van der Waals surface area contributed by atoms with Gasteiger partial charge in [-0.1, -0.05) is 49.7 Å². The van der Waals surface area contributed by atoms with Gasteiger partial charge < -0.3 is 5.32 Å². The highest BCUT2D eigenvalue weighted by atomic mass is 16.2. The van der Waals surface area contributed by atoms with Gasteiger partial charge in [-0.25, -0.2) is 0 Å². The van der Waals surface area contributed by atoms with E-state index in [2.05, 4.69) is 24.4 Å². The van der Waals surface area contributed by atoms with Crippen molar-refractivity contribution < 1.29 is 14.4 Å². The first-order valence-corrected chi connectivity index (χ1v) is 9.85. The summed E-state index contributed by atoms with van der Waals surface area (Å²) >= 11 is 0. The molecule has 146 valence electrons. The second-order valence-corrected chi connectivity index (χ2v) is 7.22. The number of anilines is 1. The van der Waals surface area contributed by atoms with Crippen LogP contribution in [0.25, 0.3) is 0 Å². The first-order valence-electron chi connectivity index (χ1n) is 9.85. The first-order chi connectivity index (χ1) is 13.5. The topological polar surface area (TPSA) is 66.5 Å². The van der Waals surface area contributed by atoms with Crippen LogP contribution in [0.2, 0.25) is 0 Å². The number of carbonyl (C=O) groups excluding carboxylic acids is 3. The van der Waals surface area contributed by atoms with Gasteiger partial charge in [0.2, 0.25) is 17.7 Å². The van der Waals surface area contributed by atoms with E-state index in [0.29, 0.717) is 24.9 Å². The minimum atomic E-state index is -0.122. The van der Waals surface area contributed by atoms with Gasteiger partial charge in [-0.05, 0) is 41.7 Å². The summed E-state index contributed by atoms with van der Waals surface area (Å²) in [5.41, 5.74) is 3.86. The number of nitrogens with one attached hydrogen (secondary N) is 1. The zero-order chi connectivity index (χ0) is 19.9. The van der Waals surface area contributed by atoms with Gasteiger partial charge in [0.1, 0.15) is 0 Å². The standard InChI is InChI=1S/C23H26N2O3/c1-2-3-4-17-5-7-18(8-6-17)15-21(26)24-20-11-9-19(10-12-20)16-25-22(27)13-14-23(25)28/h5-12H,2-4,13-16H2,1H3,(H,24,26). The molecule has 1 aliphatic rings. The van der Waals surface area contributed by atoms with Crippen LogP contribution < -0.4 is 5.32 Å². The summed E-state index contributed by atoms with van der Waals surface area (Å²) in [6, 6.07) is 15.5. The molecule has 0 aliphatic carbocycles. The summed E-state index contributed by atoms with van der Waals surface area (Å²) in [6.07, 6.45) is 4.35. The minimum Gasteiger partial charge on any atom is -0.326 e. The molecular weight excluding hydrogens is 352 g/mol. The van der Waals surface area contributed by atoms with E-state index < -0.39 is 0 Å². The average molecular weight is 378 g/mol. The third-order valence-electron chi connectivity index (χ3n) is 4.94. The Morgan fingerprint density at radius 3 is 2.07 bits per heavy atom. The Bertz CT molecular complexity index is 825. The number of rotatable bonds is 8. The summed E-state index contributed by atoms with van der Waals surface area (Å²) in [4.78, 5) is 37.0. The lowest BCUT2D eigenvalue weighted by molar-refractivity contribution is -0.139. The molecule has 1 aliphatic heterocycles. The van der Waals surface area contributed by atoms with Crippen molar-refractivity contribution in [2.75, 3.05) is 5.32 Å². The number of imide groups is 1. The summed E-state index contributed by atoms with van der Waals surface area (Å²) in [7, 11) is 0. The Morgan fingerprint density at radius 2 is 1.46 bits per heavy atom. The van der Waals surface area contributed by atoms with Crippen LogP contribution in [-0.4, -0.2) is 22.6 Å². The van der Waals surface area contributed by atoms with Gasteiger partial charge in [0.25, 0.3) is 0 Å². The SMILES string of the molecule is CCCCc1ccc(CC(=O)Nc2ccc(CN3C(=O)CCC3=O)cc2)cc1. The highest BCUT2D eigenvalue weighted by Crippen LogP contribution is 2.18. The monoisotopic (exact) mass is 378 g/mol. The summed E-state index contributed by atoms with van der Waals surface area (Å²) in [5, 5.41) is 2.89. The molecule has 0 unspecified atom stereocenters. The lowest BCUT2D eigenvalue weighted by Crippen LogP contribution is -2.28. The summed E-state index contributed by atoms with van der Waals surface area (Å²) in [5.74, 6) is -0.315. The van der Waals surface area contributed by atoms with Crippen LogP contribution in [0.5, 0.6) is 0 Å². The summed E-state index contributed by atoms with van der Waals surface area (Å²) in [6.45, 7) is 2.47. The van der Waals surface area contributed by atoms with E-state index in [1.54, 1.807) is 12.1 Å². The van der Waals surface area contributed by atoms with E-state index in [4.69, 9.17) is 0 Å². The third kappa shape index (κ3) is 5.28. The van der Waals surface area contributed by atoms with Crippen molar-refractivity contribution in [2.24, 2.45) is 0 Å². The van der Waals surface area contributed by atoms with Crippen LogP contribution in [0.1, 0.15) is 49.3 Å². The van der Waals surface area contributed by atoms with Crippen LogP contribution >= 0.6 is 0 Å². The zero-order valence-electron chi connectivity index (χ0n) is 16.2. The largest absolute Gasteiger partial charge is 0.326 e. The van der Waals surface area contributed by atoms with E-state index in [1.165, 1.54) is 23.3 Å². The maximum Gasteiger partial charge on any atom is 0.229 e. The number of hydrogen-bond acceptors (Lipinski definition) is 3. The van der Waals surface area contributed by atoms with Gasteiger partial charge in [0.15, 0.2) is 0 Å². The molecule has 0 spiro atoms. The smallest absolute Gasteiger partial charge is 0.229 e. The molecule has 3 rings (SSSR count). The van der Waals surface area contributed by atoms with E-state index in [1.807, 2.05) is 24.3 Å². The number of likely N-dealkylation sites (tertiary alicyclic amines) is 1. The quantitative estimate of drug-likeness (QED) is 0.710. The van der Waals surface area contributed by atoms with Crippen molar-refractivity contribution in [1.29, 1.82) is 0 Å². The van der Waals surface area contributed by atoms with E-state index in [0.717, 1.165) is 17.5 Å². The molecule has 28 heavy (non-hydrogen) atoms. The Kier molecular flexibility index (Phi) is 6.58. The normalized spacial score (nSPS) is 13.8. The number of hydrogen-bond donors (Lipinski definition) is 1. The number of nitrogens with zero attached hydrogens (tertiary/aromatic N) is 1. The number of carbonyl (C=O) groups is 3. The number of unbranched alkanes of at least 4 members (excludes halogenated alkanes) is 1. The molecule has 0 aromatic heterocycles. The Morgan fingerprint density at radius 1 is 0.893 bits per heavy atom. The number of amides is 3. The predicted octanol–water partition coefficient (Wildman–Crippen LogP) is 3.86. The molecule has 1 saturated heterocycles. The van der Waals surface area contributed by atoms with Crippen molar-refractivity contribution in [3.05, 3.63) is 65.2 Å². The highest BCUT2D eigenvalue weighted by Gasteiger charge is 2.28. The lowest BCUT2D eigenvalue weighted by atomic mass is 10.0. The molecule has 0 saturated carbocycles. The molecule has 2 aromatic carbocycles. The van der Waals surface area contributed by atoms with E-state index in [-0.39, 0.29) is 24.3 Å². The fraction of sp³-hybridized carbons (Fsp3) is 0.348. The van der Waals surface area contributed by atoms with E-state index >= 15 is 0 Å². The third-order valence-corrected chi connectivity index (χ3v) is 4.94. The molecule has 2 aromatic rings. The van der Waals surface area contributed by atoms with Crippen LogP contribution in [0.15, 0.2) is 48.5 Å². The molecule has 1 N–H and O–H groups in total. The number of benzene rings is 2. The molecule has 3 amide bonds. The van der Waals surface area contributed by atoms with Gasteiger partial charge in [0.05, 0.1) is 13.0 Å². The van der Waals surface area contributed by atoms with Gasteiger partial charge in [-0.3, -0.25) is 19.3 Å². The average Bonchev–Trinajstić information content (AvgIpc) is 3.01. The molecule has 5 nitrogen and oxygen atoms in total. The molecule has 5 heteroatoms. The fourth-order valence-electron chi connectivity index (χ4n) is 3.27. The molecule has 0 radical (unpaired) electrons. The predicted molar refractivity (Wildman–Crippen MR) is 109 cm³/mol. The minimum absolute atomic E-state index is 0.0704. The second-order valence-electron chi connectivity index (χ2n) is 7.22. The van der Waals surface area contributed by atoms with Crippen LogP contribution in [0.4, 0.5) is 5.69 Å². The number of aryl methyl sites for hydroxylation is 1. The van der Waals surface area contributed by atoms with Crippen molar-refractivity contribution in [3.63, 3.8) is 0 Å². The van der Waals surface area contributed by atoms with Crippen LogP contribution in [0, 0.1) is 0 Å². The molecule has 0 bridgehead atoms. The van der Waals surface area contributed by atoms with Crippen molar-refractivity contribution in [3.8, 4) is 0 Å². The first kappa shape index (κ1) is 19.8. The fourth-order valence-corrected chi connectivity index (χ4v) is 3.27. The highest BCUT2D eigenvalue weighted by molar-refractivity contribution is 6.01.